The second kappa shape index (κ2) is 6.66. The highest BCUT2D eigenvalue weighted by molar-refractivity contribution is 5.51. The minimum Gasteiger partial charge on any atom is -0.369 e. The summed E-state index contributed by atoms with van der Waals surface area (Å²) in [6, 6.07) is 6.21. The summed E-state index contributed by atoms with van der Waals surface area (Å²) in [5.74, 6) is 0. The Bertz CT molecular complexity index is 466. The van der Waals surface area contributed by atoms with E-state index in [1.165, 1.54) is 16.0 Å². The van der Waals surface area contributed by atoms with E-state index in [2.05, 4.69) is 17.0 Å². The zero-order valence-electron chi connectivity index (χ0n) is 12.3. The van der Waals surface area contributed by atoms with E-state index < -0.39 is 12.7 Å². The molecular weight excluding hydrogens is 279 g/mol. The number of piperazine rings is 1. The van der Waals surface area contributed by atoms with Crippen molar-refractivity contribution in [1.29, 1.82) is 0 Å². The summed E-state index contributed by atoms with van der Waals surface area (Å²) < 4.78 is 37.1. The minimum absolute atomic E-state index is 0.448. The number of benzene rings is 1. The van der Waals surface area contributed by atoms with E-state index in [0.717, 1.165) is 12.1 Å². The maximum atomic E-state index is 12.4. The lowest BCUT2D eigenvalue weighted by Gasteiger charge is -2.36. The molecule has 1 heterocycles. The van der Waals surface area contributed by atoms with Gasteiger partial charge in [-0.2, -0.15) is 13.2 Å². The van der Waals surface area contributed by atoms with Crippen LogP contribution in [0, 0.1) is 6.92 Å². The van der Waals surface area contributed by atoms with E-state index in [1.807, 2.05) is 13.0 Å². The fraction of sp³-hybridized carbons (Fsp3) is 0.600. The number of nitrogens with zero attached hydrogens (tertiary/aromatic N) is 2. The molecule has 1 aromatic carbocycles. The first-order valence-electron chi connectivity index (χ1n) is 7.23. The highest BCUT2D eigenvalue weighted by Gasteiger charge is 2.32. The van der Waals surface area contributed by atoms with Crippen LogP contribution in [0.4, 0.5) is 18.9 Å². The third-order valence-electron chi connectivity index (χ3n) is 3.88. The summed E-state index contributed by atoms with van der Waals surface area (Å²) in [6.45, 7) is 4.02. The van der Waals surface area contributed by atoms with Gasteiger partial charge in [0, 0.05) is 31.9 Å². The van der Waals surface area contributed by atoms with Crippen molar-refractivity contribution in [1.82, 2.24) is 4.90 Å². The third-order valence-corrected chi connectivity index (χ3v) is 3.88. The predicted octanol–water partition coefficient (Wildman–Crippen LogP) is 2.18. The summed E-state index contributed by atoms with van der Waals surface area (Å²) >= 11 is 0. The van der Waals surface area contributed by atoms with Crippen LogP contribution in [0.25, 0.3) is 0 Å². The maximum absolute atomic E-state index is 12.4. The Morgan fingerprint density at radius 1 is 1.14 bits per heavy atom. The molecule has 0 aromatic heterocycles. The molecule has 118 valence electrons. The molecule has 0 amide bonds. The molecule has 0 aliphatic carbocycles. The Morgan fingerprint density at radius 2 is 1.81 bits per heavy atom. The fourth-order valence-electron chi connectivity index (χ4n) is 2.73. The maximum Gasteiger partial charge on any atom is 0.401 e. The molecule has 1 aliphatic rings. The van der Waals surface area contributed by atoms with E-state index in [9.17, 15) is 13.2 Å². The van der Waals surface area contributed by atoms with Crippen LogP contribution < -0.4 is 10.6 Å². The Hall–Kier alpha value is -1.27. The number of anilines is 1. The van der Waals surface area contributed by atoms with E-state index in [4.69, 9.17) is 5.73 Å². The van der Waals surface area contributed by atoms with Crippen LogP contribution in [0.15, 0.2) is 18.2 Å². The number of rotatable bonds is 4. The minimum atomic E-state index is -4.11. The Balaban J connectivity index is 1.94. The molecule has 0 bridgehead atoms. The zero-order valence-corrected chi connectivity index (χ0v) is 12.3. The van der Waals surface area contributed by atoms with Gasteiger partial charge in [-0.05, 0) is 43.1 Å². The Kier molecular flexibility index (Phi) is 5.11. The summed E-state index contributed by atoms with van der Waals surface area (Å²) in [7, 11) is 0. The van der Waals surface area contributed by atoms with Gasteiger partial charge in [0.05, 0.1) is 6.54 Å². The monoisotopic (exact) mass is 301 g/mol. The second-order valence-corrected chi connectivity index (χ2v) is 5.53. The standard InChI is InChI=1S/C15H22F3N3/c1-12-10-14(3-2-13(12)4-5-19)21-8-6-20(7-9-21)11-15(16,17)18/h2-3,10H,4-9,11,19H2,1H3. The van der Waals surface area contributed by atoms with Gasteiger partial charge in [0.2, 0.25) is 0 Å². The van der Waals surface area contributed by atoms with Gasteiger partial charge in [-0.1, -0.05) is 6.07 Å². The molecule has 1 aromatic rings. The Morgan fingerprint density at radius 3 is 2.33 bits per heavy atom. The lowest BCUT2D eigenvalue weighted by molar-refractivity contribution is -0.146. The molecule has 1 fully saturated rings. The Labute approximate surface area is 123 Å². The molecule has 2 rings (SSSR count). The topological polar surface area (TPSA) is 32.5 Å². The number of hydrogen-bond acceptors (Lipinski definition) is 3. The lowest BCUT2D eigenvalue weighted by Crippen LogP contribution is -2.49. The molecular formula is C15H22F3N3. The highest BCUT2D eigenvalue weighted by Crippen LogP contribution is 2.22. The molecule has 0 unspecified atom stereocenters. The van der Waals surface area contributed by atoms with Crippen LogP contribution in [-0.4, -0.2) is 50.3 Å². The lowest BCUT2D eigenvalue weighted by atomic mass is 10.0. The first-order valence-corrected chi connectivity index (χ1v) is 7.23. The molecule has 0 spiro atoms. The third kappa shape index (κ3) is 4.61. The first-order chi connectivity index (χ1) is 9.89. The highest BCUT2D eigenvalue weighted by atomic mass is 19.4. The van der Waals surface area contributed by atoms with Crippen molar-refractivity contribution in [2.24, 2.45) is 5.73 Å². The summed E-state index contributed by atoms with van der Waals surface area (Å²) in [5, 5.41) is 0. The van der Waals surface area contributed by atoms with Gasteiger partial charge in [0.15, 0.2) is 0 Å². The SMILES string of the molecule is Cc1cc(N2CCN(CC(F)(F)F)CC2)ccc1CCN. The molecule has 2 N–H and O–H groups in total. The van der Waals surface area contributed by atoms with Gasteiger partial charge in [0.1, 0.15) is 0 Å². The van der Waals surface area contributed by atoms with Crippen molar-refractivity contribution in [2.45, 2.75) is 19.5 Å². The fourth-order valence-corrected chi connectivity index (χ4v) is 2.73. The normalized spacial score (nSPS) is 17.3. The molecule has 0 atom stereocenters. The van der Waals surface area contributed by atoms with Crippen molar-refractivity contribution in [3.63, 3.8) is 0 Å². The predicted molar refractivity (Wildman–Crippen MR) is 78.6 cm³/mol. The summed E-state index contributed by atoms with van der Waals surface area (Å²) in [6.07, 6.45) is -3.26. The van der Waals surface area contributed by atoms with Gasteiger partial charge in [0.25, 0.3) is 0 Å². The van der Waals surface area contributed by atoms with Gasteiger partial charge < -0.3 is 10.6 Å². The molecule has 1 aliphatic heterocycles. The van der Waals surface area contributed by atoms with E-state index in [0.29, 0.717) is 32.7 Å². The van der Waals surface area contributed by atoms with Crippen LogP contribution >= 0.6 is 0 Å². The molecule has 3 nitrogen and oxygen atoms in total. The smallest absolute Gasteiger partial charge is 0.369 e. The number of aryl methyl sites for hydroxylation is 1. The van der Waals surface area contributed by atoms with Gasteiger partial charge >= 0.3 is 6.18 Å². The average Bonchev–Trinajstić information content (AvgIpc) is 2.40. The molecule has 1 saturated heterocycles. The van der Waals surface area contributed by atoms with Crippen molar-refractivity contribution in [3.05, 3.63) is 29.3 Å². The van der Waals surface area contributed by atoms with Crippen LogP contribution in [-0.2, 0) is 6.42 Å². The molecule has 0 saturated carbocycles. The van der Waals surface area contributed by atoms with Crippen molar-refractivity contribution < 1.29 is 13.2 Å². The molecule has 6 heteroatoms. The summed E-state index contributed by atoms with van der Waals surface area (Å²) in [5.41, 5.74) is 9.08. The van der Waals surface area contributed by atoms with Crippen LogP contribution in [0.1, 0.15) is 11.1 Å². The molecule has 0 radical (unpaired) electrons. The van der Waals surface area contributed by atoms with Crippen molar-refractivity contribution in [2.75, 3.05) is 44.2 Å². The van der Waals surface area contributed by atoms with Crippen LogP contribution in [0.5, 0.6) is 0 Å². The summed E-state index contributed by atoms with van der Waals surface area (Å²) in [4.78, 5) is 3.61. The second-order valence-electron chi connectivity index (χ2n) is 5.53. The number of nitrogens with two attached hydrogens (primary N) is 1. The van der Waals surface area contributed by atoms with E-state index >= 15 is 0 Å². The average molecular weight is 301 g/mol. The van der Waals surface area contributed by atoms with Crippen LogP contribution in [0.3, 0.4) is 0 Å². The van der Waals surface area contributed by atoms with E-state index in [-0.39, 0.29) is 0 Å². The zero-order chi connectivity index (χ0) is 15.5. The molecule has 21 heavy (non-hydrogen) atoms. The van der Waals surface area contributed by atoms with Crippen LogP contribution in [0.2, 0.25) is 0 Å². The largest absolute Gasteiger partial charge is 0.401 e. The van der Waals surface area contributed by atoms with Gasteiger partial charge in [-0.3, -0.25) is 4.90 Å². The number of alkyl halides is 3. The van der Waals surface area contributed by atoms with E-state index in [1.54, 1.807) is 0 Å². The van der Waals surface area contributed by atoms with Crippen molar-refractivity contribution >= 4 is 5.69 Å². The van der Waals surface area contributed by atoms with Gasteiger partial charge in [-0.15, -0.1) is 0 Å². The quantitative estimate of drug-likeness (QED) is 0.925. The van der Waals surface area contributed by atoms with Gasteiger partial charge in [-0.25, -0.2) is 0 Å². The first kappa shape index (κ1) is 16.1. The number of halogens is 3. The number of hydrogen-bond donors (Lipinski definition) is 1. The van der Waals surface area contributed by atoms with Crippen molar-refractivity contribution in [3.8, 4) is 0 Å².